The molecular weight excluding hydrogens is 338 g/mol. The van der Waals surface area contributed by atoms with Crippen molar-refractivity contribution in [2.75, 3.05) is 25.5 Å². The molecular formula is C22H23N3O2. The van der Waals surface area contributed by atoms with Crippen molar-refractivity contribution in [3.05, 3.63) is 71.9 Å². The summed E-state index contributed by atoms with van der Waals surface area (Å²) in [6, 6.07) is 18.1. The number of anilines is 1. The number of amides is 1. The molecule has 0 spiro atoms. The van der Waals surface area contributed by atoms with Gasteiger partial charge in [-0.2, -0.15) is 0 Å². The van der Waals surface area contributed by atoms with Gasteiger partial charge in [0.2, 0.25) is 0 Å². The molecule has 138 valence electrons. The summed E-state index contributed by atoms with van der Waals surface area (Å²) in [4.78, 5) is 18.8. The normalized spacial score (nSPS) is 19.9. The number of hydrogen-bond donors (Lipinski definition) is 2. The average Bonchev–Trinajstić information content (AvgIpc) is 2.72. The van der Waals surface area contributed by atoms with Gasteiger partial charge in [0.05, 0.1) is 11.7 Å². The molecule has 0 bridgehead atoms. The Hall–Kier alpha value is -2.92. The molecule has 0 unspecified atom stereocenters. The van der Waals surface area contributed by atoms with Gasteiger partial charge in [-0.25, -0.2) is 4.98 Å². The van der Waals surface area contributed by atoms with Crippen molar-refractivity contribution in [1.82, 2.24) is 9.88 Å². The Morgan fingerprint density at radius 1 is 1.15 bits per heavy atom. The number of aliphatic hydroxyl groups is 1. The molecule has 2 aromatic carbocycles. The van der Waals surface area contributed by atoms with Crippen LogP contribution in [0.1, 0.15) is 28.3 Å². The predicted molar refractivity (Wildman–Crippen MR) is 107 cm³/mol. The van der Waals surface area contributed by atoms with Crippen molar-refractivity contribution < 1.29 is 9.90 Å². The van der Waals surface area contributed by atoms with E-state index in [1.807, 2.05) is 12.1 Å². The second-order valence-corrected chi connectivity index (χ2v) is 6.97. The standard InChI is InChI=1S/C22H23N3O2/c1-23-21-19(7-4-11-24-21)22(27)25-12-10-18(20(26)14-25)17-9-8-15-5-2-3-6-16(15)13-17/h2-9,11,13,18,20,26H,10,12,14H2,1H3,(H,23,24)/t18-,20+/m1/s1. The molecule has 2 atom stereocenters. The lowest BCUT2D eigenvalue weighted by atomic mass is 9.86. The summed E-state index contributed by atoms with van der Waals surface area (Å²) in [7, 11) is 1.75. The van der Waals surface area contributed by atoms with Crippen LogP contribution in [-0.2, 0) is 0 Å². The Morgan fingerprint density at radius 3 is 2.74 bits per heavy atom. The molecule has 4 rings (SSSR count). The molecule has 1 aliphatic rings. The second-order valence-electron chi connectivity index (χ2n) is 6.97. The van der Waals surface area contributed by atoms with E-state index in [9.17, 15) is 9.90 Å². The molecule has 1 fully saturated rings. The molecule has 3 aromatic rings. The van der Waals surface area contributed by atoms with Crippen molar-refractivity contribution in [3.8, 4) is 0 Å². The Balaban J connectivity index is 1.52. The van der Waals surface area contributed by atoms with E-state index < -0.39 is 6.10 Å². The van der Waals surface area contributed by atoms with Crippen molar-refractivity contribution >= 4 is 22.5 Å². The van der Waals surface area contributed by atoms with E-state index in [0.717, 1.165) is 12.0 Å². The fourth-order valence-electron chi connectivity index (χ4n) is 3.89. The summed E-state index contributed by atoms with van der Waals surface area (Å²) in [6.45, 7) is 0.944. The number of pyridine rings is 1. The number of aromatic nitrogens is 1. The minimum absolute atomic E-state index is 0.0383. The monoisotopic (exact) mass is 361 g/mol. The summed E-state index contributed by atoms with van der Waals surface area (Å²) >= 11 is 0. The lowest BCUT2D eigenvalue weighted by Crippen LogP contribution is -2.45. The van der Waals surface area contributed by atoms with Crippen LogP contribution in [0.2, 0.25) is 0 Å². The van der Waals surface area contributed by atoms with E-state index in [2.05, 4.69) is 40.6 Å². The average molecular weight is 361 g/mol. The summed E-state index contributed by atoms with van der Waals surface area (Å²) in [5, 5.41) is 16.1. The van der Waals surface area contributed by atoms with Gasteiger partial charge in [-0.05, 0) is 34.9 Å². The molecule has 2 N–H and O–H groups in total. The van der Waals surface area contributed by atoms with Crippen molar-refractivity contribution in [1.29, 1.82) is 0 Å². The highest BCUT2D eigenvalue weighted by atomic mass is 16.3. The quantitative estimate of drug-likeness (QED) is 0.751. The third kappa shape index (κ3) is 3.38. The highest BCUT2D eigenvalue weighted by molar-refractivity contribution is 5.98. The number of rotatable bonds is 3. The first kappa shape index (κ1) is 17.5. The van der Waals surface area contributed by atoms with Crippen LogP contribution in [0.3, 0.4) is 0 Å². The SMILES string of the molecule is CNc1ncccc1C(=O)N1CC[C@H](c2ccc3ccccc3c2)[C@@H](O)C1. The minimum atomic E-state index is -0.585. The number of aliphatic hydroxyl groups excluding tert-OH is 1. The molecule has 1 aliphatic heterocycles. The van der Waals surface area contributed by atoms with Crippen molar-refractivity contribution in [3.63, 3.8) is 0 Å². The number of benzene rings is 2. The van der Waals surface area contributed by atoms with Crippen LogP contribution >= 0.6 is 0 Å². The third-order valence-electron chi connectivity index (χ3n) is 5.35. The van der Waals surface area contributed by atoms with Crippen LogP contribution in [0, 0.1) is 0 Å². The number of carbonyl (C=O) groups excluding carboxylic acids is 1. The van der Waals surface area contributed by atoms with Gasteiger partial charge in [-0.15, -0.1) is 0 Å². The molecule has 2 heterocycles. The highest BCUT2D eigenvalue weighted by Gasteiger charge is 2.32. The van der Waals surface area contributed by atoms with Crippen LogP contribution in [0.5, 0.6) is 0 Å². The summed E-state index contributed by atoms with van der Waals surface area (Å²) in [5.74, 6) is 0.508. The van der Waals surface area contributed by atoms with E-state index in [1.165, 1.54) is 10.8 Å². The first-order chi connectivity index (χ1) is 13.2. The molecule has 1 aromatic heterocycles. The minimum Gasteiger partial charge on any atom is -0.391 e. The maximum atomic E-state index is 12.9. The van der Waals surface area contributed by atoms with E-state index in [0.29, 0.717) is 24.5 Å². The number of piperidine rings is 1. The Labute approximate surface area is 158 Å². The summed E-state index contributed by atoms with van der Waals surface area (Å²) < 4.78 is 0. The number of hydrogen-bond acceptors (Lipinski definition) is 4. The highest BCUT2D eigenvalue weighted by Crippen LogP contribution is 2.31. The molecule has 0 aliphatic carbocycles. The van der Waals surface area contributed by atoms with Crippen LogP contribution in [0.25, 0.3) is 10.8 Å². The van der Waals surface area contributed by atoms with Gasteiger partial charge in [0.25, 0.3) is 5.91 Å². The molecule has 0 radical (unpaired) electrons. The zero-order valence-corrected chi connectivity index (χ0v) is 15.3. The molecule has 5 nitrogen and oxygen atoms in total. The van der Waals surface area contributed by atoms with E-state index in [-0.39, 0.29) is 11.8 Å². The Bertz CT molecular complexity index is 972. The maximum Gasteiger partial charge on any atom is 0.257 e. The predicted octanol–water partition coefficient (Wildman–Crippen LogP) is 3.27. The van der Waals surface area contributed by atoms with Crippen molar-refractivity contribution in [2.24, 2.45) is 0 Å². The van der Waals surface area contributed by atoms with E-state index >= 15 is 0 Å². The lowest BCUT2D eigenvalue weighted by Gasteiger charge is -2.36. The molecule has 27 heavy (non-hydrogen) atoms. The number of nitrogens with zero attached hydrogens (tertiary/aromatic N) is 2. The molecule has 1 amide bonds. The number of nitrogens with one attached hydrogen (secondary N) is 1. The Morgan fingerprint density at radius 2 is 1.96 bits per heavy atom. The van der Waals surface area contributed by atoms with Crippen LogP contribution < -0.4 is 5.32 Å². The number of β-amino-alcohol motifs (C(OH)–C–C–N with tert-alkyl or cyclic N) is 1. The van der Waals surface area contributed by atoms with Gasteiger partial charge < -0.3 is 15.3 Å². The van der Waals surface area contributed by atoms with Gasteiger partial charge in [-0.1, -0.05) is 42.5 Å². The smallest absolute Gasteiger partial charge is 0.257 e. The van der Waals surface area contributed by atoms with E-state index in [4.69, 9.17) is 0 Å². The number of fused-ring (bicyclic) bond motifs is 1. The van der Waals surface area contributed by atoms with Crippen LogP contribution in [0.4, 0.5) is 5.82 Å². The summed E-state index contributed by atoms with van der Waals surface area (Å²) in [6.07, 6.45) is 1.81. The molecule has 5 heteroatoms. The van der Waals surface area contributed by atoms with Crippen molar-refractivity contribution in [2.45, 2.75) is 18.4 Å². The van der Waals surface area contributed by atoms with Gasteiger partial charge >= 0.3 is 0 Å². The lowest BCUT2D eigenvalue weighted by molar-refractivity contribution is 0.0382. The van der Waals surface area contributed by atoms with Gasteiger partial charge in [0.15, 0.2) is 0 Å². The summed E-state index contributed by atoms with van der Waals surface area (Å²) in [5.41, 5.74) is 1.67. The fourth-order valence-corrected chi connectivity index (χ4v) is 3.89. The first-order valence-corrected chi connectivity index (χ1v) is 9.26. The van der Waals surface area contributed by atoms with Crippen LogP contribution in [0.15, 0.2) is 60.8 Å². The second kappa shape index (κ2) is 7.37. The van der Waals surface area contributed by atoms with E-state index in [1.54, 1.807) is 30.3 Å². The van der Waals surface area contributed by atoms with Gasteiger partial charge in [0.1, 0.15) is 5.82 Å². The van der Waals surface area contributed by atoms with Gasteiger partial charge in [-0.3, -0.25) is 4.79 Å². The zero-order chi connectivity index (χ0) is 18.8. The molecule has 0 saturated carbocycles. The number of likely N-dealkylation sites (tertiary alicyclic amines) is 1. The number of carbonyl (C=O) groups is 1. The van der Waals surface area contributed by atoms with Crippen LogP contribution in [-0.4, -0.2) is 47.1 Å². The topological polar surface area (TPSA) is 65.5 Å². The third-order valence-corrected chi connectivity index (χ3v) is 5.35. The first-order valence-electron chi connectivity index (χ1n) is 9.26. The maximum absolute atomic E-state index is 12.9. The fraction of sp³-hybridized carbons (Fsp3) is 0.273. The van der Waals surface area contributed by atoms with Gasteiger partial charge in [0, 0.05) is 32.3 Å². The largest absolute Gasteiger partial charge is 0.391 e. The Kier molecular flexibility index (Phi) is 4.77. The molecule has 1 saturated heterocycles. The zero-order valence-electron chi connectivity index (χ0n) is 15.3.